The second-order valence-corrected chi connectivity index (χ2v) is 6.00. The molecule has 0 fully saturated rings. The van der Waals surface area contributed by atoms with Gasteiger partial charge in [0.05, 0.1) is 23.3 Å². The van der Waals surface area contributed by atoms with Crippen LogP contribution in [0.25, 0.3) is 0 Å². The molecule has 0 atom stereocenters. The molecule has 5 nitrogen and oxygen atoms in total. The van der Waals surface area contributed by atoms with Crippen molar-refractivity contribution in [1.29, 1.82) is 0 Å². The molecule has 20 heavy (non-hydrogen) atoms. The Kier molecular flexibility index (Phi) is 4.97. The van der Waals surface area contributed by atoms with Crippen molar-refractivity contribution in [3.05, 3.63) is 17.2 Å². The average molecular weight is 303 g/mol. The highest BCUT2D eigenvalue weighted by molar-refractivity contribution is 6.60. The predicted molar refractivity (Wildman–Crippen MR) is 78.7 cm³/mol. The molecule has 0 saturated carbocycles. The third-order valence-electron chi connectivity index (χ3n) is 3.44. The summed E-state index contributed by atoms with van der Waals surface area (Å²) in [5.41, 5.74) is -1.83. The first-order chi connectivity index (χ1) is 8.99. The lowest BCUT2D eigenvalue weighted by Gasteiger charge is -2.38. The molecule has 0 saturated heterocycles. The number of aromatic hydroxyl groups is 1. The summed E-state index contributed by atoms with van der Waals surface area (Å²) >= 11 is 5.86. The fourth-order valence-electron chi connectivity index (χ4n) is 1.38. The molecule has 0 aliphatic carbocycles. The number of rotatable bonds is 5. The fraction of sp³-hybridized carbons (Fsp3) is 0.538. The number of benzene rings is 1. The number of phenolic OH excluding ortho intramolecular Hbond substituents is 1. The van der Waals surface area contributed by atoms with Crippen molar-refractivity contribution in [3.8, 4) is 11.5 Å². The van der Waals surface area contributed by atoms with Crippen LogP contribution in [0.3, 0.4) is 0 Å². The first kappa shape index (κ1) is 17.1. The molecular formula is C13H20BClO5. The molecule has 1 rings (SSSR count). The second kappa shape index (κ2) is 5.81. The van der Waals surface area contributed by atoms with Gasteiger partial charge in [0.2, 0.25) is 0 Å². The third kappa shape index (κ3) is 3.58. The number of halogens is 1. The van der Waals surface area contributed by atoms with Crippen LogP contribution in [-0.4, -0.2) is 40.7 Å². The lowest BCUT2D eigenvalue weighted by Crippen LogP contribution is -2.53. The van der Waals surface area contributed by atoms with Gasteiger partial charge in [-0.3, -0.25) is 0 Å². The molecule has 0 heterocycles. The van der Waals surface area contributed by atoms with Crippen LogP contribution in [0.1, 0.15) is 27.7 Å². The van der Waals surface area contributed by atoms with Crippen molar-refractivity contribution < 1.29 is 24.6 Å². The van der Waals surface area contributed by atoms with Gasteiger partial charge >= 0.3 is 7.12 Å². The quantitative estimate of drug-likeness (QED) is 0.715. The van der Waals surface area contributed by atoms with Crippen LogP contribution in [0.5, 0.6) is 11.5 Å². The lowest BCUT2D eigenvalue weighted by atomic mass is 9.76. The molecule has 0 spiro atoms. The zero-order valence-electron chi connectivity index (χ0n) is 12.3. The summed E-state index contributed by atoms with van der Waals surface area (Å²) in [6, 6.07) is 2.80. The number of hydrogen-bond acceptors (Lipinski definition) is 5. The van der Waals surface area contributed by atoms with E-state index in [4.69, 9.17) is 21.0 Å². The van der Waals surface area contributed by atoms with Crippen LogP contribution in [0.4, 0.5) is 0 Å². The molecule has 3 N–H and O–H groups in total. The maximum atomic E-state index is 10.1. The largest absolute Gasteiger partial charge is 0.503 e. The minimum atomic E-state index is -1.32. The fourth-order valence-corrected chi connectivity index (χ4v) is 1.60. The van der Waals surface area contributed by atoms with E-state index in [-0.39, 0.29) is 16.5 Å². The SMILES string of the molecule is COc1cc(B(O)OC(C)(C)C(C)(C)O)cc(Cl)c1O. The average Bonchev–Trinajstić information content (AvgIpc) is 2.30. The van der Waals surface area contributed by atoms with Crippen molar-refractivity contribution in [3.63, 3.8) is 0 Å². The number of aliphatic hydroxyl groups is 1. The van der Waals surface area contributed by atoms with E-state index in [1.165, 1.54) is 19.2 Å². The summed E-state index contributed by atoms with van der Waals surface area (Å²) in [4.78, 5) is 0. The van der Waals surface area contributed by atoms with Gasteiger partial charge in [0, 0.05) is 0 Å². The van der Waals surface area contributed by atoms with E-state index in [2.05, 4.69) is 0 Å². The van der Waals surface area contributed by atoms with Gasteiger partial charge in [-0.1, -0.05) is 11.6 Å². The number of ether oxygens (including phenoxy) is 1. The summed E-state index contributed by atoms with van der Waals surface area (Å²) in [5, 5.41) is 29.8. The first-order valence-corrected chi connectivity index (χ1v) is 6.52. The van der Waals surface area contributed by atoms with E-state index in [0.717, 1.165) is 0 Å². The summed E-state index contributed by atoms with van der Waals surface area (Å²) in [7, 11) is 0.0619. The molecule has 0 aliphatic heterocycles. The second-order valence-electron chi connectivity index (χ2n) is 5.59. The number of hydrogen-bond donors (Lipinski definition) is 3. The van der Waals surface area contributed by atoms with Gasteiger partial charge in [-0.15, -0.1) is 0 Å². The molecular weight excluding hydrogens is 282 g/mol. The number of methoxy groups -OCH3 is 1. The Morgan fingerprint density at radius 3 is 2.20 bits per heavy atom. The molecule has 0 aromatic heterocycles. The molecule has 0 aliphatic rings. The van der Waals surface area contributed by atoms with E-state index in [0.29, 0.717) is 5.46 Å². The van der Waals surface area contributed by atoms with Crippen LogP contribution < -0.4 is 10.2 Å². The van der Waals surface area contributed by atoms with Gasteiger partial charge in [-0.25, -0.2) is 0 Å². The first-order valence-electron chi connectivity index (χ1n) is 6.14. The van der Waals surface area contributed by atoms with Crippen LogP contribution in [0, 0.1) is 0 Å². The molecule has 1 aromatic rings. The maximum Gasteiger partial charge on any atom is 0.491 e. The van der Waals surface area contributed by atoms with Gasteiger partial charge < -0.3 is 24.6 Å². The number of phenols is 1. The van der Waals surface area contributed by atoms with Crippen molar-refractivity contribution in [2.24, 2.45) is 0 Å². The van der Waals surface area contributed by atoms with E-state index in [9.17, 15) is 15.2 Å². The van der Waals surface area contributed by atoms with Gasteiger partial charge in [-0.2, -0.15) is 0 Å². The van der Waals surface area contributed by atoms with Gasteiger partial charge in [0.15, 0.2) is 11.5 Å². The highest BCUT2D eigenvalue weighted by atomic mass is 35.5. The zero-order valence-corrected chi connectivity index (χ0v) is 13.0. The molecule has 0 amide bonds. The maximum absolute atomic E-state index is 10.1. The van der Waals surface area contributed by atoms with Gasteiger partial charge in [-0.05, 0) is 45.3 Å². The van der Waals surface area contributed by atoms with Crippen LogP contribution >= 0.6 is 11.6 Å². The standard InChI is InChI=1S/C13H20BClO5/c1-12(2,17)13(3,4)20-14(18)8-6-9(15)11(16)10(7-8)19-5/h6-7,16-18H,1-5H3. The summed E-state index contributed by atoms with van der Waals surface area (Å²) < 4.78 is 10.5. The van der Waals surface area contributed by atoms with E-state index in [1.807, 2.05) is 0 Å². The van der Waals surface area contributed by atoms with E-state index in [1.54, 1.807) is 27.7 Å². The van der Waals surface area contributed by atoms with Crippen LogP contribution in [0.15, 0.2) is 12.1 Å². The normalized spacial score (nSPS) is 12.4. The predicted octanol–water partition coefficient (Wildman–Crippen LogP) is 1.31. The van der Waals surface area contributed by atoms with Crippen LogP contribution in [0.2, 0.25) is 5.02 Å². The minimum absolute atomic E-state index is 0.0445. The zero-order chi connectivity index (χ0) is 15.7. The highest BCUT2D eigenvalue weighted by Crippen LogP contribution is 2.32. The molecule has 1 aromatic carbocycles. The topological polar surface area (TPSA) is 79.2 Å². The molecule has 0 radical (unpaired) electrons. The third-order valence-corrected chi connectivity index (χ3v) is 3.72. The Balaban J connectivity index is 3.05. The van der Waals surface area contributed by atoms with Crippen molar-refractivity contribution in [2.45, 2.75) is 38.9 Å². The van der Waals surface area contributed by atoms with Crippen molar-refractivity contribution >= 4 is 24.2 Å². The monoisotopic (exact) mass is 302 g/mol. The Morgan fingerprint density at radius 2 is 1.75 bits per heavy atom. The van der Waals surface area contributed by atoms with Crippen molar-refractivity contribution in [1.82, 2.24) is 0 Å². The van der Waals surface area contributed by atoms with Crippen molar-refractivity contribution in [2.75, 3.05) is 7.11 Å². The Bertz CT molecular complexity index is 484. The summed E-state index contributed by atoms with van der Waals surface area (Å²) in [6.07, 6.45) is 0. The van der Waals surface area contributed by atoms with Crippen LogP contribution in [-0.2, 0) is 4.65 Å². The minimum Gasteiger partial charge on any atom is -0.503 e. The van der Waals surface area contributed by atoms with E-state index < -0.39 is 18.3 Å². The lowest BCUT2D eigenvalue weighted by molar-refractivity contribution is -0.0982. The smallest absolute Gasteiger partial charge is 0.491 e. The molecule has 112 valence electrons. The van der Waals surface area contributed by atoms with Gasteiger partial charge in [0.1, 0.15) is 0 Å². The molecule has 7 heteroatoms. The highest BCUT2D eigenvalue weighted by Gasteiger charge is 2.39. The Hall–Kier alpha value is -0.945. The molecule has 0 bridgehead atoms. The Labute approximate surface area is 124 Å². The molecule has 0 unspecified atom stereocenters. The summed E-state index contributed by atoms with van der Waals surface area (Å²) in [6.45, 7) is 6.50. The van der Waals surface area contributed by atoms with E-state index >= 15 is 0 Å². The Morgan fingerprint density at radius 1 is 1.20 bits per heavy atom. The summed E-state index contributed by atoms with van der Waals surface area (Å²) in [5.74, 6) is -0.0666. The van der Waals surface area contributed by atoms with Gasteiger partial charge in [0.25, 0.3) is 0 Å².